The first-order valence-corrected chi connectivity index (χ1v) is 6.19. The molecule has 3 nitrogen and oxygen atoms in total. The van der Waals surface area contributed by atoms with Crippen molar-refractivity contribution in [2.75, 3.05) is 0 Å². The van der Waals surface area contributed by atoms with Crippen molar-refractivity contribution in [3.8, 4) is 21.1 Å². The van der Waals surface area contributed by atoms with Crippen LogP contribution >= 0.6 is 22.7 Å². The Morgan fingerprint density at radius 2 is 1.40 bits per heavy atom. The predicted octanol–water partition coefficient (Wildman–Crippen LogP) is 3.26. The molecule has 0 aromatic carbocycles. The number of nitrogens with zero attached hydrogens (tertiary/aromatic N) is 2. The smallest absolute Gasteiger partial charge is 0.131 e. The van der Waals surface area contributed by atoms with E-state index in [2.05, 4.69) is 27.5 Å². The molecule has 0 spiro atoms. The fourth-order valence-corrected chi connectivity index (χ4v) is 2.83. The lowest BCUT2D eigenvalue weighted by molar-refractivity contribution is 0.945. The molecule has 0 radical (unpaired) electrons. The molecular formula is C10H7N3S2. The van der Waals surface area contributed by atoms with Crippen molar-refractivity contribution in [3.63, 3.8) is 0 Å². The van der Waals surface area contributed by atoms with Crippen LogP contribution < -0.4 is 0 Å². The summed E-state index contributed by atoms with van der Waals surface area (Å²) in [6.45, 7) is 0. The Hall–Kier alpha value is -1.46. The van der Waals surface area contributed by atoms with E-state index in [4.69, 9.17) is 0 Å². The maximum Gasteiger partial charge on any atom is 0.131 e. The van der Waals surface area contributed by atoms with Gasteiger partial charge in [-0.2, -0.15) is 15.4 Å². The number of hydrogen-bond acceptors (Lipinski definition) is 4. The molecular weight excluding hydrogens is 226 g/mol. The van der Waals surface area contributed by atoms with Crippen LogP contribution in [0.1, 0.15) is 0 Å². The number of aromatic amines is 1. The molecule has 0 aliphatic rings. The molecule has 5 heteroatoms. The van der Waals surface area contributed by atoms with Crippen molar-refractivity contribution in [1.82, 2.24) is 15.4 Å². The number of thiophene rings is 2. The Bertz CT molecular complexity index is 488. The van der Waals surface area contributed by atoms with Crippen LogP contribution in [0, 0.1) is 0 Å². The van der Waals surface area contributed by atoms with Gasteiger partial charge >= 0.3 is 0 Å². The maximum absolute atomic E-state index is 4.20. The van der Waals surface area contributed by atoms with Gasteiger partial charge in [-0.3, -0.25) is 0 Å². The van der Waals surface area contributed by atoms with Gasteiger partial charge in [0.05, 0.1) is 9.75 Å². The summed E-state index contributed by atoms with van der Waals surface area (Å²) in [5, 5.41) is 15.2. The second-order valence-electron chi connectivity index (χ2n) is 2.98. The lowest BCUT2D eigenvalue weighted by Crippen LogP contribution is -1.76. The Morgan fingerprint density at radius 3 is 1.80 bits per heavy atom. The summed E-state index contributed by atoms with van der Waals surface area (Å²) in [5.74, 6) is 0. The molecule has 0 amide bonds. The van der Waals surface area contributed by atoms with Crippen molar-refractivity contribution in [3.05, 3.63) is 35.0 Å². The second-order valence-corrected chi connectivity index (χ2v) is 4.87. The number of H-pyrrole nitrogens is 1. The first kappa shape index (κ1) is 8.82. The van der Waals surface area contributed by atoms with Crippen LogP contribution in [0.2, 0.25) is 0 Å². The number of rotatable bonds is 2. The van der Waals surface area contributed by atoms with Crippen molar-refractivity contribution in [1.29, 1.82) is 0 Å². The van der Waals surface area contributed by atoms with E-state index in [9.17, 15) is 0 Å². The average molecular weight is 233 g/mol. The van der Waals surface area contributed by atoms with Crippen LogP contribution in [0.25, 0.3) is 21.1 Å². The van der Waals surface area contributed by atoms with Gasteiger partial charge in [-0.25, -0.2) is 0 Å². The Balaban J connectivity index is 2.15. The van der Waals surface area contributed by atoms with Crippen molar-refractivity contribution in [2.45, 2.75) is 0 Å². The summed E-state index contributed by atoms with van der Waals surface area (Å²) in [5.41, 5.74) is 1.87. The van der Waals surface area contributed by atoms with E-state index in [0.29, 0.717) is 0 Å². The minimum atomic E-state index is 0.937. The molecule has 74 valence electrons. The van der Waals surface area contributed by atoms with E-state index in [1.165, 1.54) is 0 Å². The molecule has 3 heterocycles. The lowest BCUT2D eigenvalue weighted by Gasteiger charge is -1.93. The highest BCUT2D eigenvalue weighted by molar-refractivity contribution is 7.14. The summed E-state index contributed by atoms with van der Waals surface area (Å²) in [4.78, 5) is 2.29. The predicted molar refractivity (Wildman–Crippen MR) is 63.0 cm³/mol. The molecule has 0 unspecified atom stereocenters. The second kappa shape index (κ2) is 3.60. The van der Waals surface area contributed by atoms with E-state index >= 15 is 0 Å². The monoisotopic (exact) mass is 233 g/mol. The molecule has 3 aromatic rings. The van der Waals surface area contributed by atoms with Crippen LogP contribution in [0.5, 0.6) is 0 Å². The molecule has 0 saturated heterocycles. The van der Waals surface area contributed by atoms with E-state index < -0.39 is 0 Å². The molecule has 0 saturated carbocycles. The SMILES string of the molecule is c1csc(-c2n[nH]nc2-c2cccs2)c1. The number of hydrogen-bond donors (Lipinski definition) is 1. The van der Waals surface area contributed by atoms with Gasteiger partial charge in [0.15, 0.2) is 0 Å². The van der Waals surface area contributed by atoms with Gasteiger partial charge in [0, 0.05) is 0 Å². The zero-order chi connectivity index (χ0) is 10.1. The normalized spacial score (nSPS) is 10.7. The van der Waals surface area contributed by atoms with Crippen LogP contribution in [-0.2, 0) is 0 Å². The van der Waals surface area contributed by atoms with Crippen LogP contribution in [0.15, 0.2) is 35.0 Å². The van der Waals surface area contributed by atoms with Gasteiger partial charge in [0.25, 0.3) is 0 Å². The Kier molecular flexibility index (Phi) is 2.12. The molecule has 3 rings (SSSR count). The minimum Gasteiger partial charge on any atom is -0.197 e. The average Bonchev–Trinajstić information content (AvgIpc) is 3.01. The van der Waals surface area contributed by atoms with Gasteiger partial charge in [0.1, 0.15) is 11.4 Å². The zero-order valence-corrected chi connectivity index (χ0v) is 9.31. The van der Waals surface area contributed by atoms with E-state index in [1.54, 1.807) is 22.7 Å². The van der Waals surface area contributed by atoms with Crippen molar-refractivity contribution in [2.24, 2.45) is 0 Å². The van der Waals surface area contributed by atoms with Crippen LogP contribution in [-0.4, -0.2) is 15.4 Å². The van der Waals surface area contributed by atoms with Crippen LogP contribution in [0.4, 0.5) is 0 Å². The maximum atomic E-state index is 4.20. The van der Waals surface area contributed by atoms with Crippen LogP contribution in [0.3, 0.4) is 0 Å². The topological polar surface area (TPSA) is 41.6 Å². The van der Waals surface area contributed by atoms with E-state index in [0.717, 1.165) is 21.1 Å². The summed E-state index contributed by atoms with van der Waals surface area (Å²) < 4.78 is 0. The standard InChI is InChI=1S/C10H7N3S2/c1-3-7(14-5-1)9-10(12-13-11-9)8-4-2-6-15-8/h1-6H,(H,11,12,13). The quantitative estimate of drug-likeness (QED) is 0.738. The highest BCUT2D eigenvalue weighted by Gasteiger charge is 2.13. The highest BCUT2D eigenvalue weighted by atomic mass is 32.1. The fourth-order valence-electron chi connectivity index (χ4n) is 1.40. The van der Waals surface area contributed by atoms with E-state index in [1.807, 2.05) is 22.9 Å². The van der Waals surface area contributed by atoms with Crippen molar-refractivity contribution < 1.29 is 0 Å². The van der Waals surface area contributed by atoms with Gasteiger partial charge in [0.2, 0.25) is 0 Å². The Labute approximate surface area is 94.4 Å². The van der Waals surface area contributed by atoms with Gasteiger partial charge < -0.3 is 0 Å². The third-order valence-corrected chi connectivity index (χ3v) is 3.81. The minimum absolute atomic E-state index is 0.937. The highest BCUT2D eigenvalue weighted by Crippen LogP contribution is 2.33. The fraction of sp³-hybridized carbons (Fsp3) is 0. The molecule has 15 heavy (non-hydrogen) atoms. The van der Waals surface area contributed by atoms with Gasteiger partial charge in [-0.15, -0.1) is 22.7 Å². The largest absolute Gasteiger partial charge is 0.197 e. The summed E-state index contributed by atoms with van der Waals surface area (Å²) in [6, 6.07) is 8.15. The van der Waals surface area contributed by atoms with E-state index in [-0.39, 0.29) is 0 Å². The van der Waals surface area contributed by atoms with Crippen molar-refractivity contribution >= 4 is 22.7 Å². The third-order valence-electron chi connectivity index (χ3n) is 2.06. The molecule has 0 bridgehead atoms. The molecule has 0 atom stereocenters. The first-order valence-electron chi connectivity index (χ1n) is 4.43. The number of aromatic nitrogens is 3. The summed E-state index contributed by atoms with van der Waals surface area (Å²) in [7, 11) is 0. The zero-order valence-electron chi connectivity index (χ0n) is 7.68. The summed E-state index contributed by atoms with van der Waals surface area (Å²) in [6.07, 6.45) is 0. The Morgan fingerprint density at radius 1 is 0.867 bits per heavy atom. The molecule has 0 aliphatic heterocycles. The molecule has 0 fully saturated rings. The summed E-state index contributed by atoms with van der Waals surface area (Å²) >= 11 is 3.35. The molecule has 3 aromatic heterocycles. The van der Waals surface area contributed by atoms with Gasteiger partial charge in [-0.05, 0) is 22.9 Å². The third kappa shape index (κ3) is 1.49. The van der Waals surface area contributed by atoms with Gasteiger partial charge in [-0.1, -0.05) is 12.1 Å². The number of nitrogens with one attached hydrogen (secondary N) is 1. The molecule has 0 aliphatic carbocycles. The first-order chi connectivity index (χ1) is 7.45. The lowest BCUT2D eigenvalue weighted by atomic mass is 10.2. The molecule has 1 N–H and O–H groups in total.